The van der Waals surface area contributed by atoms with E-state index in [1.807, 2.05) is 21.9 Å². The van der Waals surface area contributed by atoms with Gasteiger partial charge in [0.2, 0.25) is 11.8 Å². The quantitative estimate of drug-likeness (QED) is 0.638. The highest BCUT2D eigenvalue weighted by molar-refractivity contribution is 5.85. The lowest BCUT2D eigenvalue weighted by Gasteiger charge is -2.39. The minimum atomic E-state index is -0.192. The summed E-state index contributed by atoms with van der Waals surface area (Å²) in [4.78, 5) is 32.2. The van der Waals surface area contributed by atoms with E-state index in [2.05, 4.69) is 47.4 Å². The first kappa shape index (κ1) is 23.9. The van der Waals surface area contributed by atoms with Crippen LogP contribution in [0, 0.1) is 11.3 Å². The zero-order valence-electron chi connectivity index (χ0n) is 21.0. The highest BCUT2D eigenvalue weighted by atomic mass is 16.5. The zero-order chi connectivity index (χ0) is 24.4. The fourth-order valence-electron chi connectivity index (χ4n) is 6.35. The molecule has 1 unspecified atom stereocenters. The van der Waals surface area contributed by atoms with Gasteiger partial charge in [0.05, 0.1) is 12.5 Å². The van der Waals surface area contributed by atoms with E-state index >= 15 is 0 Å². The average Bonchev–Trinajstić information content (AvgIpc) is 3.44. The molecule has 3 fully saturated rings. The zero-order valence-corrected chi connectivity index (χ0v) is 21.0. The van der Waals surface area contributed by atoms with Crippen molar-refractivity contribution in [2.75, 3.05) is 46.4 Å². The molecule has 5 rings (SSSR count). The molecule has 0 saturated carbocycles. The van der Waals surface area contributed by atoms with Crippen LogP contribution >= 0.6 is 0 Å². The van der Waals surface area contributed by atoms with Gasteiger partial charge in [0, 0.05) is 45.6 Å². The Morgan fingerprint density at radius 3 is 2.31 bits per heavy atom. The van der Waals surface area contributed by atoms with E-state index in [-0.39, 0.29) is 11.3 Å². The third-order valence-corrected chi connectivity index (χ3v) is 8.55. The van der Waals surface area contributed by atoms with Gasteiger partial charge in [0.15, 0.2) is 0 Å². The van der Waals surface area contributed by atoms with Crippen LogP contribution in [0.1, 0.15) is 43.2 Å². The molecule has 1 spiro atoms. The Labute approximate surface area is 208 Å². The minimum absolute atomic E-state index is 0.166. The van der Waals surface area contributed by atoms with E-state index in [1.54, 1.807) is 14.0 Å². The van der Waals surface area contributed by atoms with Crippen LogP contribution in [0.3, 0.4) is 0 Å². The third-order valence-electron chi connectivity index (χ3n) is 8.55. The van der Waals surface area contributed by atoms with Crippen molar-refractivity contribution in [3.63, 3.8) is 0 Å². The lowest BCUT2D eigenvalue weighted by Crippen LogP contribution is -2.46. The number of hydrogen-bond acceptors (Lipinski definition) is 4. The number of ether oxygens (including phenoxy) is 1. The van der Waals surface area contributed by atoms with E-state index in [4.69, 9.17) is 4.74 Å². The smallest absolute Gasteiger partial charge is 0.229 e. The summed E-state index contributed by atoms with van der Waals surface area (Å²) >= 11 is 0. The first-order chi connectivity index (χ1) is 17.0. The Hall–Kier alpha value is -2.86. The molecule has 3 aliphatic heterocycles. The predicted octanol–water partition coefficient (Wildman–Crippen LogP) is 3.77. The lowest BCUT2D eigenvalue weighted by molar-refractivity contribution is -0.139. The van der Waals surface area contributed by atoms with Crippen LogP contribution < -0.4 is 4.74 Å². The summed E-state index contributed by atoms with van der Waals surface area (Å²) in [6.07, 6.45) is 2.83. The number of carbonyl (C=O) groups excluding carboxylic acids is 2. The van der Waals surface area contributed by atoms with Crippen molar-refractivity contribution in [2.24, 2.45) is 11.3 Å². The van der Waals surface area contributed by atoms with Gasteiger partial charge < -0.3 is 19.4 Å². The van der Waals surface area contributed by atoms with Crippen molar-refractivity contribution in [1.82, 2.24) is 14.7 Å². The number of methoxy groups -OCH3 is 1. The van der Waals surface area contributed by atoms with E-state index in [0.717, 1.165) is 69.8 Å². The molecular weight excluding hydrogens is 438 g/mol. The standard InChI is InChI=1S/C29H37N3O3/c1-22(33)32-20-25(27(21-32)24-6-4-3-5-7-24)19-30-15-12-29(13-16-30)14-17-31(28(29)34)18-23-8-10-26(35-2)11-9-23/h3-11,25,27H,12-21H2,1-2H3/t25?,27-/m1/s1. The highest BCUT2D eigenvalue weighted by Gasteiger charge is 2.48. The largest absolute Gasteiger partial charge is 0.497 e. The normalized spacial score (nSPS) is 24.3. The molecule has 2 aromatic carbocycles. The van der Waals surface area contributed by atoms with Crippen molar-refractivity contribution in [3.8, 4) is 5.75 Å². The second kappa shape index (κ2) is 10.0. The molecule has 186 valence electrons. The molecule has 2 aromatic rings. The van der Waals surface area contributed by atoms with Gasteiger partial charge in [-0.05, 0) is 61.5 Å². The Morgan fingerprint density at radius 1 is 0.971 bits per heavy atom. The number of nitrogens with zero attached hydrogens (tertiary/aromatic N) is 3. The molecular formula is C29H37N3O3. The van der Waals surface area contributed by atoms with Gasteiger partial charge in [0.1, 0.15) is 5.75 Å². The van der Waals surface area contributed by atoms with Gasteiger partial charge in [0.25, 0.3) is 0 Å². The number of amides is 2. The molecule has 2 amide bonds. The SMILES string of the molecule is COc1ccc(CN2CCC3(CCN(CC4CN(C(C)=O)C[C@@H]4c4ccccc4)CC3)C2=O)cc1. The summed E-state index contributed by atoms with van der Waals surface area (Å²) in [5.74, 6) is 2.15. The van der Waals surface area contributed by atoms with Crippen molar-refractivity contribution < 1.29 is 14.3 Å². The summed E-state index contributed by atoms with van der Waals surface area (Å²) < 4.78 is 5.25. The predicted molar refractivity (Wildman–Crippen MR) is 136 cm³/mol. The molecule has 3 saturated heterocycles. The maximum absolute atomic E-state index is 13.5. The Morgan fingerprint density at radius 2 is 1.66 bits per heavy atom. The fourth-order valence-corrected chi connectivity index (χ4v) is 6.35. The second-order valence-electron chi connectivity index (χ2n) is 10.6. The number of rotatable bonds is 6. The minimum Gasteiger partial charge on any atom is -0.497 e. The Kier molecular flexibility index (Phi) is 6.83. The van der Waals surface area contributed by atoms with E-state index in [0.29, 0.717) is 24.3 Å². The molecule has 3 aliphatic rings. The van der Waals surface area contributed by atoms with E-state index < -0.39 is 0 Å². The molecule has 0 aromatic heterocycles. The van der Waals surface area contributed by atoms with Gasteiger partial charge in [-0.15, -0.1) is 0 Å². The first-order valence-electron chi connectivity index (χ1n) is 12.9. The van der Waals surface area contributed by atoms with Crippen LogP contribution in [0.4, 0.5) is 0 Å². The molecule has 0 radical (unpaired) electrons. The summed E-state index contributed by atoms with van der Waals surface area (Å²) in [5.41, 5.74) is 2.29. The van der Waals surface area contributed by atoms with Crippen molar-refractivity contribution >= 4 is 11.8 Å². The summed E-state index contributed by atoms with van der Waals surface area (Å²) in [7, 11) is 1.67. The summed E-state index contributed by atoms with van der Waals surface area (Å²) in [6.45, 7) is 7.74. The topological polar surface area (TPSA) is 53.1 Å². The number of piperidine rings is 1. The molecule has 2 atom stereocenters. The van der Waals surface area contributed by atoms with Crippen molar-refractivity contribution in [1.29, 1.82) is 0 Å². The monoisotopic (exact) mass is 475 g/mol. The van der Waals surface area contributed by atoms with Gasteiger partial charge in [-0.1, -0.05) is 42.5 Å². The van der Waals surface area contributed by atoms with Gasteiger partial charge >= 0.3 is 0 Å². The molecule has 6 heteroatoms. The average molecular weight is 476 g/mol. The van der Waals surface area contributed by atoms with Crippen LogP contribution in [-0.2, 0) is 16.1 Å². The van der Waals surface area contributed by atoms with Crippen LogP contribution in [-0.4, -0.2) is 72.9 Å². The highest BCUT2D eigenvalue weighted by Crippen LogP contribution is 2.43. The molecule has 0 N–H and O–H groups in total. The number of carbonyl (C=O) groups is 2. The van der Waals surface area contributed by atoms with Gasteiger partial charge in [-0.3, -0.25) is 9.59 Å². The number of likely N-dealkylation sites (tertiary alicyclic amines) is 3. The van der Waals surface area contributed by atoms with Crippen LogP contribution in [0.15, 0.2) is 54.6 Å². The first-order valence-corrected chi connectivity index (χ1v) is 12.9. The van der Waals surface area contributed by atoms with Crippen LogP contribution in [0.5, 0.6) is 5.75 Å². The molecule has 0 aliphatic carbocycles. The second-order valence-corrected chi connectivity index (χ2v) is 10.6. The third kappa shape index (κ3) is 4.94. The summed E-state index contributed by atoms with van der Waals surface area (Å²) in [6, 6.07) is 18.7. The van der Waals surface area contributed by atoms with Crippen LogP contribution in [0.25, 0.3) is 0 Å². The maximum Gasteiger partial charge on any atom is 0.229 e. The lowest BCUT2D eigenvalue weighted by atomic mass is 9.76. The Bertz CT molecular complexity index is 1030. The Balaban J connectivity index is 1.19. The van der Waals surface area contributed by atoms with Crippen molar-refractivity contribution in [2.45, 2.75) is 38.6 Å². The fraction of sp³-hybridized carbons (Fsp3) is 0.517. The number of hydrogen-bond donors (Lipinski definition) is 0. The van der Waals surface area contributed by atoms with Crippen LogP contribution in [0.2, 0.25) is 0 Å². The molecule has 0 bridgehead atoms. The van der Waals surface area contributed by atoms with E-state index in [9.17, 15) is 9.59 Å². The van der Waals surface area contributed by atoms with Gasteiger partial charge in [-0.2, -0.15) is 0 Å². The summed E-state index contributed by atoms with van der Waals surface area (Å²) in [5, 5.41) is 0. The molecule has 35 heavy (non-hydrogen) atoms. The maximum atomic E-state index is 13.5. The van der Waals surface area contributed by atoms with E-state index in [1.165, 1.54) is 5.56 Å². The van der Waals surface area contributed by atoms with Crippen molar-refractivity contribution in [3.05, 3.63) is 65.7 Å². The molecule has 3 heterocycles. The van der Waals surface area contributed by atoms with Gasteiger partial charge in [-0.25, -0.2) is 0 Å². The molecule has 6 nitrogen and oxygen atoms in total. The number of benzene rings is 2.